The molecule has 1 amide bonds. The molecular weight excluding hydrogens is 364 g/mol. The van der Waals surface area contributed by atoms with E-state index in [-0.39, 0.29) is 11.9 Å². The highest BCUT2D eigenvalue weighted by Crippen LogP contribution is 2.26. The summed E-state index contributed by atoms with van der Waals surface area (Å²) in [7, 11) is 0. The largest absolute Gasteiger partial charge is 0.618 e. The van der Waals surface area contributed by atoms with Crippen LogP contribution in [0.2, 0.25) is 0 Å². The molecule has 29 heavy (non-hydrogen) atoms. The van der Waals surface area contributed by atoms with Gasteiger partial charge in [0, 0.05) is 23.1 Å². The SMILES string of the molecule is Cc1ccc(C(=O)NC2CC2)cc1-c1cc2cnn(-c3ccccc3)c2c[n+]1[O-]. The van der Waals surface area contributed by atoms with Crippen molar-refractivity contribution >= 4 is 16.8 Å². The smallest absolute Gasteiger partial charge is 0.251 e. The quantitative estimate of drug-likeness (QED) is 0.432. The van der Waals surface area contributed by atoms with Gasteiger partial charge in [-0.2, -0.15) is 9.83 Å². The van der Waals surface area contributed by atoms with E-state index in [4.69, 9.17) is 0 Å². The molecule has 0 bridgehead atoms. The molecule has 0 atom stereocenters. The van der Waals surface area contributed by atoms with Gasteiger partial charge in [0.25, 0.3) is 5.91 Å². The molecular formula is C23H20N4O2. The molecule has 2 aromatic heterocycles. The molecule has 0 spiro atoms. The lowest BCUT2D eigenvalue weighted by molar-refractivity contribution is -0.592. The number of nitrogens with one attached hydrogen (secondary N) is 1. The molecule has 144 valence electrons. The maximum Gasteiger partial charge on any atom is 0.251 e. The Kier molecular flexibility index (Phi) is 4.05. The van der Waals surface area contributed by atoms with Crippen molar-refractivity contribution in [3.05, 3.63) is 83.3 Å². The number of aromatic nitrogens is 3. The summed E-state index contributed by atoms with van der Waals surface area (Å²) in [6.07, 6.45) is 5.37. The zero-order chi connectivity index (χ0) is 20.0. The van der Waals surface area contributed by atoms with E-state index in [2.05, 4.69) is 10.4 Å². The molecule has 0 unspecified atom stereocenters. The summed E-state index contributed by atoms with van der Waals surface area (Å²) in [5.41, 5.74) is 4.38. The molecule has 0 radical (unpaired) electrons. The van der Waals surface area contributed by atoms with Crippen LogP contribution in [-0.4, -0.2) is 21.7 Å². The third kappa shape index (κ3) is 3.23. The Balaban J connectivity index is 1.58. The van der Waals surface area contributed by atoms with Crippen LogP contribution in [0.15, 0.2) is 67.0 Å². The van der Waals surface area contributed by atoms with Gasteiger partial charge in [-0.3, -0.25) is 4.79 Å². The second kappa shape index (κ2) is 6.74. The number of aryl methyl sites for hydroxylation is 1. The molecule has 1 fully saturated rings. The van der Waals surface area contributed by atoms with E-state index >= 15 is 0 Å². The number of rotatable bonds is 4. The minimum Gasteiger partial charge on any atom is -0.618 e. The normalized spacial score (nSPS) is 13.6. The summed E-state index contributed by atoms with van der Waals surface area (Å²) in [6, 6.07) is 17.3. The Hall–Kier alpha value is -3.67. The predicted molar refractivity (Wildman–Crippen MR) is 111 cm³/mol. The number of carbonyl (C=O) groups is 1. The number of benzene rings is 2. The maximum atomic E-state index is 12.9. The van der Waals surface area contributed by atoms with Crippen molar-refractivity contribution < 1.29 is 9.52 Å². The Morgan fingerprint density at radius 2 is 1.97 bits per heavy atom. The van der Waals surface area contributed by atoms with Crippen LogP contribution in [0, 0.1) is 12.1 Å². The Labute approximate surface area is 168 Å². The second-order valence-corrected chi connectivity index (χ2v) is 7.49. The average Bonchev–Trinajstić information content (AvgIpc) is 3.45. The first-order chi connectivity index (χ1) is 14.1. The van der Waals surface area contributed by atoms with Gasteiger partial charge in [0.15, 0.2) is 0 Å². The first-order valence-corrected chi connectivity index (χ1v) is 9.68. The molecule has 0 aliphatic heterocycles. The first-order valence-electron chi connectivity index (χ1n) is 9.68. The molecule has 2 heterocycles. The summed E-state index contributed by atoms with van der Waals surface area (Å²) in [4.78, 5) is 12.4. The molecule has 1 aliphatic rings. The highest BCUT2D eigenvalue weighted by molar-refractivity contribution is 5.96. The highest BCUT2D eigenvalue weighted by atomic mass is 16.5. The lowest BCUT2D eigenvalue weighted by atomic mass is 10.0. The number of amides is 1. The number of fused-ring (bicyclic) bond motifs is 1. The molecule has 6 heteroatoms. The van der Waals surface area contributed by atoms with E-state index in [0.29, 0.717) is 11.3 Å². The molecule has 6 nitrogen and oxygen atoms in total. The first kappa shape index (κ1) is 17.4. The number of nitrogens with zero attached hydrogens (tertiary/aromatic N) is 3. The van der Waals surface area contributed by atoms with E-state index in [0.717, 1.165) is 45.3 Å². The third-order valence-electron chi connectivity index (χ3n) is 5.29. The fourth-order valence-corrected chi connectivity index (χ4v) is 3.51. The van der Waals surface area contributed by atoms with Crippen molar-refractivity contribution in [2.24, 2.45) is 0 Å². The summed E-state index contributed by atoms with van der Waals surface area (Å²) < 4.78 is 2.61. The number of para-hydroxylation sites is 1. The number of pyridine rings is 1. The standard InChI is InChI=1S/C23H20N4O2/c1-15-7-8-16(23(28)25-18-9-10-18)11-20(15)21-12-17-13-24-27(22(17)14-26(21)29)19-5-3-2-4-6-19/h2-8,11-14,18H,9-10H2,1H3,(H,25,28). The van der Waals surface area contributed by atoms with E-state index in [1.807, 2.05) is 49.4 Å². The van der Waals surface area contributed by atoms with Gasteiger partial charge in [0.2, 0.25) is 11.9 Å². The number of hydrogen-bond acceptors (Lipinski definition) is 3. The molecule has 1 N–H and O–H groups in total. The van der Waals surface area contributed by atoms with Crippen molar-refractivity contribution in [2.45, 2.75) is 25.8 Å². The minimum atomic E-state index is -0.0934. The van der Waals surface area contributed by atoms with Crippen LogP contribution in [0.1, 0.15) is 28.8 Å². The van der Waals surface area contributed by atoms with Crippen LogP contribution < -0.4 is 10.0 Å². The Morgan fingerprint density at radius 1 is 1.17 bits per heavy atom. The molecule has 0 saturated heterocycles. The summed E-state index contributed by atoms with van der Waals surface area (Å²) in [5.74, 6) is -0.0934. The van der Waals surface area contributed by atoms with E-state index < -0.39 is 0 Å². The van der Waals surface area contributed by atoms with Crippen LogP contribution in [0.4, 0.5) is 0 Å². The average molecular weight is 384 g/mol. The van der Waals surface area contributed by atoms with Crippen LogP contribution in [0.5, 0.6) is 0 Å². The topological polar surface area (TPSA) is 73.9 Å². The Bertz CT molecular complexity index is 1230. The Morgan fingerprint density at radius 3 is 2.72 bits per heavy atom. The minimum absolute atomic E-state index is 0.0934. The molecule has 2 aromatic carbocycles. The van der Waals surface area contributed by atoms with Gasteiger partial charge in [0.05, 0.1) is 17.4 Å². The lowest BCUT2D eigenvalue weighted by Gasteiger charge is -2.11. The fraction of sp³-hybridized carbons (Fsp3) is 0.174. The summed E-state index contributed by atoms with van der Waals surface area (Å²) in [6.45, 7) is 1.94. The zero-order valence-corrected chi connectivity index (χ0v) is 16.0. The van der Waals surface area contributed by atoms with Crippen LogP contribution in [0.3, 0.4) is 0 Å². The third-order valence-corrected chi connectivity index (χ3v) is 5.29. The molecule has 4 aromatic rings. The van der Waals surface area contributed by atoms with Gasteiger partial charge in [-0.25, -0.2) is 4.68 Å². The van der Waals surface area contributed by atoms with Gasteiger partial charge >= 0.3 is 0 Å². The second-order valence-electron chi connectivity index (χ2n) is 7.49. The van der Waals surface area contributed by atoms with Gasteiger partial charge in [-0.15, -0.1) is 0 Å². The zero-order valence-electron chi connectivity index (χ0n) is 16.0. The van der Waals surface area contributed by atoms with Crippen LogP contribution >= 0.6 is 0 Å². The van der Waals surface area contributed by atoms with E-state index in [9.17, 15) is 10.0 Å². The van der Waals surface area contributed by atoms with Gasteiger partial charge in [0.1, 0.15) is 5.52 Å². The fourth-order valence-electron chi connectivity index (χ4n) is 3.51. The lowest BCUT2D eigenvalue weighted by Crippen LogP contribution is -2.29. The van der Waals surface area contributed by atoms with Gasteiger partial charge in [-0.1, -0.05) is 24.3 Å². The van der Waals surface area contributed by atoms with Crippen molar-refractivity contribution in [1.82, 2.24) is 15.1 Å². The number of carbonyl (C=O) groups excluding carboxylic acids is 1. The predicted octanol–water partition coefficient (Wildman–Crippen LogP) is 3.53. The maximum absolute atomic E-state index is 12.9. The number of hydrogen-bond donors (Lipinski definition) is 1. The molecule has 5 rings (SSSR count). The van der Waals surface area contributed by atoms with Crippen LogP contribution in [0.25, 0.3) is 27.8 Å². The van der Waals surface area contributed by atoms with Crippen LogP contribution in [-0.2, 0) is 0 Å². The summed E-state index contributed by atoms with van der Waals surface area (Å²) >= 11 is 0. The van der Waals surface area contributed by atoms with Crippen molar-refractivity contribution in [3.63, 3.8) is 0 Å². The van der Waals surface area contributed by atoms with E-state index in [1.165, 1.54) is 0 Å². The molecule has 1 saturated carbocycles. The highest BCUT2D eigenvalue weighted by Gasteiger charge is 2.24. The van der Waals surface area contributed by atoms with Gasteiger partial charge < -0.3 is 10.5 Å². The molecule has 1 aliphatic carbocycles. The monoisotopic (exact) mass is 384 g/mol. The van der Waals surface area contributed by atoms with Crippen molar-refractivity contribution in [3.8, 4) is 16.9 Å². The van der Waals surface area contributed by atoms with Crippen molar-refractivity contribution in [1.29, 1.82) is 0 Å². The van der Waals surface area contributed by atoms with Crippen molar-refractivity contribution in [2.75, 3.05) is 0 Å². The summed E-state index contributed by atoms with van der Waals surface area (Å²) in [5, 5.41) is 21.2. The van der Waals surface area contributed by atoms with E-state index in [1.54, 1.807) is 29.2 Å². The van der Waals surface area contributed by atoms with Gasteiger partial charge in [-0.05, 0) is 49.6 Å².